The molecule has 0 fully saturated rings. The van der Waals surface area contributed by atoms with Crippen LogP contribution in [0.3, 0.4) is 0 Å². The quantitative estimate of drug-likeness (QED) is 0.686. The highest BCUT2D eigenvalue weighted by Crippen LogP contribution is 2.27. The molecule has 2 amide bonds. The van der Waals surface area contributed by atoms with Crippen LogP contribution in [-0.4, -0.2) is 34.9 Å². The predicted molar refractivity (Wildman–Crippen MR) is 101 cm³/mol. The molecule has 1 aliphatic rings. The predicted octanol–water partition coefficient (Wildman–Crippen LogP) is 2.42. The lowest BCUT2D eigenvalue weighted by molar-refractivity contribution is -0.0585. The van der Waals surface area contributed by atoms with Crippen LogP contribution in [0.4, 0.5) is 0 Å². The Labute approximate surface area is 164 Å². The standard InChI is InChI=1S/C21H14N2O6/c1-28-17-9-5-4-8-14(17)16-11-10-15(18(24)22-16)21(27)29-23-19(25)12-6-2-3-7-13(12)20(23)26/h2-11H,1H3,(H,22,24). The molecule has 1 aromatic heterocycles. The number of aromatic nitrogens is 1. The summed E-state index contributed by atoms with van der Waals surface area (Å²) in [5.74, 6) is -2.10. The van der Waals surface area contributed by atoms with E-state index in [2.05, 4.69) is 4.98 Å². The maximum absolute atomic E-state index is 12.4. The first-order chi connectivity index (χ1) is 14.0. The van der Waals surface area contributed by atoms with E-state index in [9.17, 15) is 19.2 Å². The van der Waals surface area contributed by atoms with Crippen molar-refractivity contribution in [3.63, 3.8) is 0 Å². The van der Waals surface area contributed by atoms with Gasteiger partial charge >= 0.3 is 5.97 Å². The molecule has 2 aromatic carbocycles. The van der Waals surface area contributed by atoms with Crippen LogP contribution in [0, 0.1) is 0 Å². The van der Waals surface area contributed by atoms with E-state index in [0.29, 0.717) is 22.1 Å². The molecule has 0 saturated heterocycles. The fourth-order valence-electron chi connectivity index (χ4n) is 3.04. The average molecular weight is 390 g/mol. The van der Waals surface area contributed by atoms with Gasteiger partial charge in [0.25, 0.3) is 17.4 Å². The molecule has 1 N–H and O–H groups in total. The Bertz CT molecular complexity index is 1180. The van der Waals surface area contributed by atoms with Gasteiger partial charge in [-0.1, -0.05) is 29.3 Å². The minimum atomic E-state index is -1.12. The van der Waals surface area contributed by atoms with E-state index in [1.165, 1.54) is 31.4 Å². The first-order valence-electron chi connectivity index (χ1n) is 8.58. The van der Waals surface area contributed by atoms with Crippen molar-refractivity contribution >= 4 is 17.8 Å². The fraction of sp³-hybridized carbons (Fsp3) is 0.0476. The molecule has 2 heterocycles. The highest BCUT2D eigenvalue weighted by atomic mass is 16.7. The number of benzene rings is 2. The monoisotopic (exact) mass is 390 g/mol. The number of pyridine rings is 1. The second kappa shape index (κ2) is 7.08. The van der Waals surface area contributed by atoms with Gasteiger partial charge in [0.15, 0.2) is 0 Å². The van der Waals surface area contributed by atoms with Crippen LogP contribution in [0.2, 0.25) is 0 Å². The summed E-state index contributed by atoms with van der Waals surface area (Å²) in [4.78, 5) is 57.0. The lowest BCUT2D eigenvalue weighted by Crippen LogP contribution is -2.34. The molecular weight excluding hydrogens is 376 g/mol. The molecular formula is C21H14N2O6. The number of hydrogen-bond donors (Lipinski definition) is 1. The van der Waals surface area contributed by atoms with Crippen LogP contribution in [0.5, 0.6) is 5.75 Å². The summed E-state index contributed by atoms with van der Waals surface area (Å²) in [6.07, 6.45) is 0. The molecule has 4 rings (SSSR count). The second-order valence-corrected chi connectivity index (χ2v) is 6.14. The lowest BCUT2D eigenvalue weighted by Gasteiger charge is -2.13. The van der Waals surface area contributed by atoms with Gasteiger partial charge in [0, 0.05) is 5.56 Å². The number of aromatic amines is 1. The van der Waals surface area contributed by atoms with Crippen molar-refractivity contribution in [2.24, 2.45) is 0 Å². The van der Waals surface area contributed by atoms with E-state index in [1.54, 1.807) is 36.4 Å². The van der Waals surface area contributed by atoms with Crippen LogP contribution in [0.1, 0.15) is 31.1 Å². The van der Waals surface area contributed by atoms with Gasteiger partial charge in [-0.3, -0.25) is 14.4 Å². The molecule has 29 heavy (non-hydrogen) atoms. The van der Waals surface area contributed by atoms with Gasteiger partial charge in [-0.15, -0.1) is 0 Å². The van der Waals surface area contributed by atoms with Gasteiger partial charge in [-0.05, 0) is 36.4 Å². The Morgan fingerprint density at radius 1 is 0.828 bits per heavy atom. The molecule has 3 aromatic rings. The number of H-pyrrole nitrogens is 1. The maximum atomic E-state index is 12.4. The van der Waals surface area contributed by atoms with Crippen LogP contribution in [0.25, 0.3) is 11.3 Å². The number of amides is 2. The number of ether oxygens (including phenoxy) is 1. The third-order valence-corrected chi connectivity index (χ3v) is 4.46. The Kier molecular flexibility index (Phi) is 4.44. The molecule has 1 aliphatic heterocycles. The molecule has 0 spiro atoms. The number of carbonyl (C=O) groups excluding carboxylic acids is 3. The van der Waals surface area contributed by atoms with Gasteiger partial charge in [-0.25, -0.2) is 4.79 Å². The summed E-state index contributed by atoms with van der Waals surface area (Å²) >= 11 is 0. The van der Waals surface area contributed by atoms with Crippen LogP contribution in [0.15, 0.2) is 65.5 Å². The first-order valence-corrected chi connectivity index (χ1v) is 8.58. The molecule has 0 aliphatic carbocycles. The van der Waals surface area contributed by atoms with Gasteiger partial charge in [0.1, 0.15) is 11.3 Å². The number of nitrogens with one attached hydrogen (secondary N) is 1. The van der Waals surface area contributed by atoms with Crippen molar-refractivity contribution in [1.82, 2.24) is 10.0 Å². The minimum Gasteiger partial charge on any atom is -0.496 e. The molecule has 0 unspecified atom stereocenters. The number of hydroxylamine groups is 2. The van der Waals surface area contributed by atoms with Crippen molar-refractivity contribution in [3.8, 4) is 17.0 Å². The van der Waals surface area contributed by atoms with Crippen molar-refractivity contribution < 1.29 is 24.0 Å². The molecule has 0 bridgehead atoms. The van der Waals surface area contributed by atoms with E-state index in [4.69, 9.17) is 9.57 Å². The van der Waals surface area contributed by atoms with Crippen molar-refractivity contribution in [2.75, 3.05) is 7.11 Å². The molecule has 8 heteroatoms. The van der Waals surface area contributed by atoms with Crippen LogP contribution in [-0.2, 0) is 4.84 Å². The summed E-state index contributed by atoms with van der Waals surface area (Å²) in [6, 6.07) is 15.9. The largest absolute Gasteiger partial charge is 0.496 e. The molecule has 144 valence electrons. The summed E-state index contributed by atoms with van der Waals surface area (Å²) in [5.41, 5.74) is 0.253. The van der Waals surface area contributed by atoms with Crippen molar-refractivity contribution in [1.29, 1.82) is 0 Å². The number of rotatable bonds is 4. The van der Waals surface area contributed by atoms with E-state index in [0.717, 1.165) is 0 Å². The maximum Gasteiger partial charge on any atom is 0.369 e. The number of hydrogen-bond acceptors (Lipinski definition) is 6. The molecule has 0 saturated carbocycles. The Hall–Kier alpha value is -4.20. The van der Waals surface area contributed by atoms with Gasteiger partial charge in [0.05, 0.1) is 23.9 Å². The number of methoxy groups -OCH3 is 1. The van der Waals surface area contributed by atoms with Gasteiger partial charge in [0.2, 0.25) is 0 Å². The summed E-state index contributed by atoms with van der Waals surface area (Å²) in [6.45, 7) is 0. The third-order valence-electron chi connectivity index (χ3n) is 4.46. The first kappa shape index (κ1) is 18.2. The number of carbonyl (C=O) groups is 3. The number of imide groups is 1. The van der Waals surface area contributed by atoms with Crippen LogP contribution < -0.4 is 10.3 Å². The lowest BCUT2D eigenvalue weighted by atomic mass is 10.1. The minimum absolute atomic E-state index is 0.130. The van der Waals surface area contributed by atoms with Crippen molar-refractivity contribution in [2.45, 2.75) is 0 Å². The highest BCUT2D eigenvalue weighted by molar-refractivity contribution is 6.21. The second-order valence-electron chi connectivity index (χ2n) is 6.14. The van der Waals surface area contributed by atoms with Crippen LogP contribution >= 0.6 is 0 Å². The third kappa shape index (κ3) is 3.06. The van der Waals surface area contributed by atoms with Gasteiger partial charge in [-0.2, -0.15) is 0 Å². The molecule has 0 atom stereocenters. The van der Waals surface area contributed by atoms with Crippen molar-refractivity contribution in [3.05, 3.63) is 87.7 Å². The Morgan fingerprint density at radius 2 is 1.41 bits per heavy atom. The average Bonchev–Trinajstić information content (AvgIpc) is 2.98. The zero-order chi connectivity index (χ0) is 20.5. The summed E-state index contributed by atoms with van der Waals surface area (Å²) in [7, 11) is 1.50. The smallest absolute Gasteiger partial charge is 0.369 e. The topological polar surface area (TPSA) is 106 Å². The van der Waals surface area contributed by atoms with E-state index < -0.39 is 23.3 Å². The Balaban J connectivity index is 1.60. The van der Waals surface area contributed by atoms with E-state index in [-0.39, 0.29) is 16.7 Å². The fourth-order valence-corrected chi connectivity index (χ4v) is 3.04. The number of fused-ring (bicyclic) bond motifs is 1. The number of nitrogens with zero attached hydrogens (tertiary/aromatic N) is 1. The van der Waals surface area contributed by atoms with E-state index >= 15 is 0 Å². The van der Waals surface area contributed by atoms with Gasteiger partial charge < -0.3 is 14.6 Å². The zero-order valence-electron chi connectivity index (χ0n) is 15.2. The SMILES string of the molecule is COc1ccccc1-c1ccc(C(=O)ON2C(=O)c3ccccc3C2=O)c(=O)[nH]1. The summed E-state index contributed by atoms with van der Waals surface area (Å²) in [5, 5.41) is 0.362. The number of para-hydroxylation sites is 1. The Morgan fingerprint density at radius 3 is 2.00 bits per heavy atom. The van der Waals surface area contributed by atoms with E-state index in [1.807, 2.05) is 0 Å². The zero-order valence-corrected chi connectivity index (χ0v) is 15.2. The molecule has 8 nitrogen and oxygen atoms in total. The summed E-state index contributed by atoms with van der Waals surface area (Å²) < 4.78 is 5.27. The normalized spacial score (nSPS) is 12.7. The molecule has 0 radical (unpaired) electrons. The highest BCUT2D eigenvalue weighted by Gasteiger charge is 2.39.